The molecule has 0 aliphatic heterocycles. The van der Waals surface area contributed by atoms with E-state index in [-0.39, 0.29) is 23.8 Å². The van der Waals surface area contributed by atoms with E-state index in [1.165, 1.54) is 30.0 Å². The number of carbonyl (C=O) groups excluding carboxylic acids is 2. The van der Waals surface area contributed by atoms with Crippen molar-refractivity contribution >= 4 is 11.8 Å². The molecule has 1 heterocycles. The summed E-state index contributed by atoms with van der Waals surface area (Å²) in [5.41, 5.74) is -1.19. The molecule has 7 nitrogen and oxygen atoms in total. The van der Waals surface area contributed by atoms with Crippen molar-refractivity contribution in [3.05, 3.63) is 92.9 Å². The van der Waals surface area contributed by atoms with E-state index in [4.69, 9.17) is 0 Å². The summed E-state index contributed by atoms with van der Waals surface area (Å²) in [6.45, 7) is 1.46. The number of hydrogen-bond acceptors (Lipinski definition) is 4. The Labute approximate surface area is 187 Å². The molecule has 0 unspecified atom stereocenters. The first-order valence-electron chi connectivity index (χ1n) is 9.85. The molecule has 172 valence electrons. The van der Waals surface area contributed by atoms with Crippen molar-refractivity contribution in [2.75, 3.05) is 14.1 Å². The number of benzene rings is 2. The fourth-order valence-corrected chi connectivity index (χ4v) is 3.14. The van der Waals surface area contributed by atoms with Gasteiger partial charge in [0.25, 0.3) is 11.8 Å². The Bertz CT molecular complexity index is 1250. The number of para-hydroxylation sites is 1. The average molecular weight is 458 g/mol. The Morgan fingerprint density at radius 1 is 1.06 bits per heavy atom. The topological polar surface area (TPSA) is 84.3 Å². The van der Waals surface area contributed by atoms with E-state index in [9.17, 15) is 27.6 Å². The Kier molecular flexibility index (Phi) is 6.66. The summed E-state index contributed by atoms with van der Waals surface area (Å²) in [4.78, 5) is 38.3. The highest BCUT2D eigenvalue weighted by Gasteiger charge is 2.34. The van der Waals surface area contributed by atoms with Gasteiger partial charge in [0.1, 0.15) is 0 Å². The van der Waals surface area contributed by atoms with E-state index in [1.54, 1.807) is 38.4 Å². The van der Waals surface area contributed by atoms with Crippen molar-refractivity contribution in [2.24, 2.45) is 0 Å². The van der Waals surface area contributed by atoms with Crippen LogP contribution < -0.4 is 10.7 Å². The molecule has 1 aromatic heterocycles. The number of nitrogens with one attached hydrogen (secondary N) is 1. The van der Waals surface area contributed by atoms with Gasteiger partial charge in [-0.2, -0.15) is 18.3 Å². The molecule has 0 bridgehead atoms. The summed E-state index contributed by atoms with van der Waals surface area (Å²) in [6.07, 6.45) is -4.64. The number of hydrogen-bond donors (Lipinski definition) is 1. The lowest BCUT2D eigenvalue weighted by atomic mass is 10.1. The maximum atomic E-state index is 13.4. The summed E-state index contributed by atoms with van der Waals surface area (Å²) >= 11 is 0. The predicted octanol–water partition coefficient (Wildman–Crippen LogP) is 3.19. The Morgan fingerprint density at radius 3 is 2.30 bits per heavy atom. The van der Waals surface area contributed by atoms with Gasteiger partial charge in [-0.3, -0.25) is 14.4 Å². The summed E-state index contributed by atoms with van der Waals surface area (Å²) < 4.78 is 41.2. The van der Waals surface area contributed by atoms with Crippen LogP contribution in [0.4, 0.5) is 13.2 Å². The van der Waals surface area contributed by atoms with Crippen LogP contribution in [-0.4, -0.2) is 40.6 Å². The second-order valence-electron chi connectivity index (χ2n) is 7.50. The zero-order valence-electron chi connectivity index (χ0n) is 18.1. The monoisotopic (exact) mass is 458 g/mol. The molecule has 0 saturated heterocycles. The van der Waals surface area contributed by atoms with Crippen LogP contribution in [0.1, 0.15) is 37.7 Å². The van der Waals surface area contributed by atoms with Gasteiger partial charge in [0, 0.05) is 38.0 Å². The van der Waals surface area contributed by atoms with Crippen molar-refractivity contribution < 1.29 is 22.8 Å². The zero-order valence-corrected chi connectivity index (χ0v) is 18.1. The standard InChI is InChI=1S/C23H21F3N4O3/c1-14-12-19(31)20(28-30(14)18-7-5-4-6-17(18)23(24,25)26)21(32)27-13-15-8-10-16(11-9-15)22(33)29(2)3/h4-12H,13H2,1-3H3,(H,27,32). The molecule has 33 heavy (non-hydrogen) atoms. The molecule has 2 aromatic carbocycles. The molecule has 10 heteroatoms. The lowest BCUT2D eigenvalue weighted by molar-refractivity contribution is -0.137. The normalized spacial score (nSPS) is 11.2. The van der Waals surface area contributed by atoms with E-state index in [0.717, 1.165) is 16.8 Å². The summed E-state index contributed by atoms with van der Waals surface area (Å²) in [6, 6.07) is 12.4. The zero-order chi connectivity index (χ0) is 24.3. The Morgan fingerprint density at radius 2 is 1.70 bits per heavy atom. The maximum Gasteiger partial charge on any atom is 0.418 e. The number of amides is 2. The molecule has 1 N–H and O–H groups in total. The summed E-state index contributed by atoms with van der Waals surface area (Å²) in [5.74, 6) is -0.999. The molecule has 0 aliphatic rings. The van der Waals surface area contributed by atoms with Crippen LogP contribution in [0.3, 0.4) is 0 Å². The molecule has 0 radical (unpaired) electrons. The number of halogens is 3. The van der Waals surface area contributed by atoms with Gasteiger partial charge < -0.3 is 10.2 Å². The van der Waals surface area contributed by atoms with Crippen LogP contribution in [-0.2, 0) is 12.7 Å². The molecule has 0 atom stereocenters. The fraction of sp³-hybridized carbons (Fsp3) is 0.217. The lowest BCUT2D eigenvalue weighted by Gasteiger charge is -2.16. The predicted molar refractivity (Wildman–Crippen MR) is 115 cm³/mol. The molecule has 0 aliphatic carbocycles. The van der Waals surface area contributed by atoms with Gasteiger partial charge in [0.05, 0.1) is 11.3 Å². The minimum atomic E-state index is -4.64. The Balaban J connectivity index is 1.86. The van der Waals surface area contributed by atoms with Crippen molar-refractivity contribution in [2.45, 2.75) is 19.6 Å². The number of carbonyl (C=O) groups is 2. The van der Waals surface area contributed by atoms with Crippen LogP contribution >= 0.6 is 0 Å². The molecule has 3 rings (SSSR count). The third-order valence-corrected chi connectivity index (χ3v) is 4.82. The van der Waals surface area contributed by atoms with Gasteiger partial charge in [-0.25, -0.2) is 4.68 Å². The first-order chi connectivity index (χ1) is 15.5. The van der Waals surface area contributed by atoms with Crippen molar-refractivity contribution in [1.82, 2.24) is 20.0 Å². The second kappa shape index (κ2) is 9.27. The maximum absolute atomic E-state index is 13.4. The highest BCUT2D eigenvalue weighted by Crippen LogP contribution is 2.33. The van der Waals surface area contributed by atoms with Gasteiger partial charge in [-0.1, -0.05) is 24.3 Å². The van der Waals surface area contributed by atoms with E-state index in [2.05, 4.69) is 10.4 Å². The second-order valence-corrected chi connectivity index (χ2v) is 7.50. The lowest BCUT2D eigenvalue weighted by Crippen LogP contribution is -2.32. The number of rotatable bonds is 5. The van der Waals surface area contributed by atoms with Crippen LogP contribution in [0, 0.1) is 6.92 Å². The van der Waals surface area contributed by atoms with E-state index in [0.29, 0.717) is 11.1 Å². The minimum Gasteiger partial charge on any atom is -0.346 e. The van der Waals surface area contributed by atoms with Gasteiger partial charge in [0.2, 0.25) is 5.43 Å². The summed E-state index contributed by atoms with van der Waals surface area (Å²) in [7, 11) is 3.26. The molecule has 0 saturated carbocycles. The number of aromatic nitrogens is 2. The molecule has 0 fully saturated rings. The van der Waals surface area contributed by atoms with Crippen LogP contribution in [0.2, 0.25) is 0 Å². The molecular formula is C23H21F3N4O3. The molecule has 3 aromatic rings. The minimum absolute atomic E-state index is 0.0312. The molecular weight excluding hydrogens is 437 g/mol. The number of nitrogens with zero attached hydrogens (tertiary/aromatic N) is 3. The highest BCUT2D eigenvalue weighted by molar-refractivity contribution is 5.94. The van der Waals surface area contributed by atoms with Gasteiger partial charge >= 0.3 is 6.18 Å². The summed E-state index contributed by atoms with van der Waals surface area (Å²) in [5, 5.41) is 6.47. The van der Waals surface area contributed by atoms with E-state index >= 15 is 0 Å². The number of alkyl halides is 3. The van der Waals surface area contributed by atoms with Gasteiger partial charge in [-0.15, -0.1) is 0 Å². The first kappa shape index (κ1) is 23.7. The van der Waals surface area contributed by atoms with Crippen LogP contribution in [0.5, 0.6) is 0 Å². The third kappa shape index (κ3) is 5.28. The third-order valence-electron chi connectivity index (χ3n) is 4.82. The number of aryl methyl sites for hydroxylation is 1. The largest absolute Gasteiger partial charge is 0.418 e. The van der Waals surface area contributed by atoms with Crippen molar-refractivity contribution in [3.8, 4) is 5.69 Å². The van der Waals surface area contributed by atoms with Crippen LogP contribution in [0.15, 0.2) is 59.4 Å². The smallest absolute Gasteiger partial charge is 0.346 e. The highest BCUT2D eigenvalue weighted by atomic mass is 19.4. The fourth-order valence-electron chi connectivity index (χ4n) is 3.14. The SMILES string of the molecule is Cc1cc(=O)c(C(=O)NCc2ccc(C(=O)N(C)C)cc2)nn1-c1ccccc1C(F)(F)F. The van der Waals surface area contributed by atoms with Gasteiger partial charge in [-0.05, 0) is 36.8 Å². The van der Waals surface area contributed by atoms with Crippen LogP contribution in [0.25, 0.3) is 5.69 Å². The van der Waals surface area contributed by atoms with Gasteiger partial charge in [0.15, 0.2) is 5.69 Å². The Hall–Kier alpha value is -3.95. The first-order valence-corrected chi connectivity index (χ1v) is 9.85. The molecule has 2 amide bonds. The molecule has 0 spiro atoms. The van der Waals surface area contributed by atoms with E-state index in [1.807, 2.05) is 0 Å². The van der Waals surface area contributed by atoms with Crippen molar-refractivity contribution in [1.29, 1.82) is 0 Å². The van der Waals surface area contributed by atoms with E-state index < -0.39 is 28.8 Å². The average Bonchev–Trinajstić information content (AvgIpc) is 2.77. The van der Waals surface area contributed by atoms with Crippen molar-refractivity contribution in [3.63, 3.8) is 0 Å². The quantitative estimate of drug-likeness (QED) is 0.637.